The van der Waals surface area contributed by atoms with Crippen molar-refractivity contribution in [1.82, 2.24) is 4.57 Å². The summed E-state index contributed by atoms with van der Waals surface area (Å²) in [7, 11) is 0. The van der Waals surface area contributed by atoms with Crippen molar-refractivity contribution in [2.75, 3.05) is 19.8 Å². The molecule has 0 spiro atoms. The van der Waals surface area contributed by atoms with Crippen molar-refractivity contribution in [1.29, 1.82) is 0 Å². The first kappa shape index (κ1) is 13.5. The summed E-state index contributed by atoms with van der Waals surface area (Å²) in [6.45, 7) is 5.23. The summed E-state index contributed by atoms with van der Waals surface area (Å²) in [4.78, 5) is 0. The second-order valence-corrected chi connectivity index (χ2v) is 4.98. The second-order valence-electron chi connectivity index (χ2n) is 4.98. The molecule has 4 heteroatoms. The van der Waals surface area contributed by atoms with Crippen LogP contribution in [0.25, 0.3) is 10.9 Å². The van der Waals surface area contributed by atoms with Crippen LogP contribution in [0.3, 0.4) is 0 Å². The minimum atomic E-state index is -0.0519. The second kappa shape index (κ2) is 6.29. The van der Waals surface area contributed by atoms with Crippen LogP contribution in [0.5, 0.6) is 5.75 Å². The number of hydrogen-bond donors (Lipinski definition) is 0. The molecular formula is C16H21NO3. The fraction of sp³-hybridized carbons (Fsp3) is 0.500. The molecule has 0 aliphatic carbocycles. The first-order valence-corrected chi connectivity index (χ1v) is 7.31. The number of rotatable bonds is 5. The number of benzene rings is 1. The monoisotopic (exact) mass is 275 g/mol. The Morgan fingerprint density at radius 1 is 1.25 bits per heavy atom. The maximum absolute atomic E-state index is 5.58. The Labute approximate surface area is 119 Å². The van der Waals surface area contributed by atoms with Crippen LogP contribution in [-0.4, -0.2) is 30.7 Å². The van der Waals surface area contributed by atoms with Gasteiger partial charge >= 0.3 is 0 Å². The van der Waals surface area contributed by atoms with Gasteiger partial charge in [-0.05, 0) is 37.6 Å². The molecule has 1 aromatic carbocycles. The van der Waals surface area contributed by atoms with Crippen molar-refractivity contribution < 1.29 is 14.2 Å². The largest absolute Gasteiger partial charge is 0.494 e. The summed E-state index contributed by atoms with van der Waals surface area (Å²) >= 11 is 0. The zero-order valence-electron chi connectivity index (χ0n) is 11.9. The summed E-state index contributed by atoms with van der Waals surface area (Å²) in [6.07, 6.45) is 3.95. The summed E-state index contributed by atoms with van der Waals surface area (Å²) < 4.78 is 18.9. The van der Waals surface area contributed by atoms with Gasteiger partial charge in [0.1, 0.15) is 5.75 Å². The topological polar surface area (TPSA) is 32.6 Å². The van der Waals surface area contributed by atoms with E-state index in [4.69, 9.17) is 14.2 Å². The zero-order valence-corrected chi connectivity index (χ0v) is 11.9. The molecule has 0 saturated carbocycles. The van der Waals surface area contributed by atoms with E-state index in [9.17, 15) is 0 Å². The molecule has 20 heavy (non-hydrogen) atoms. The minimum Gasteiger partial charge on any atom is -0.494 e. The number of nitrogens with zero attached hydrogens (tertiary/aromatic N) is 1. The predicted molar refractivity (Wildman–Crippen MR) is 78.0 cm³/mol. The maximum atomic E-state index is 5.58. The minimum absolute atomic E-state index is 0.0519. The standard InChI is InChI=1S/C16H21NO3/c1-2-18-14-4-5-15-13(12-14)6-8-17(15)9-7-16-19-10-3-11-20-16/h4-6,8,12,16H,2-3,7,9-11H2,1H3. The number of ether oxygens (including phenoxy) is 3. The van der Waals surface area contributed by atoms with E-state index >= 15 is 0 Å². The Kier molecular flexibility index (Phi) is 4.23. The highest BCUT2D eigenvalue weighted by molar-refractivity contribution is 5.81. The van der Waals surface area contributed by atoms with Gasteiger partial charge in [0.05, 0.1) is 19.8 Å². The Morgan fingerprint density at radius 3 is 2.90 bits per heavy atom. The van der Waals surface area contributed by atoms with Crippen LogP contribution in [0.1, 0.15) is 19.8 Å². The van der Waals surface area contributed by atoms with E-state index in [-0.39, 0.29) is 6.29 Å². The van der Waals surface area contributed by atoms with Crippen molar-refractivity contribution in [3.8, 4) is 5.75 Å². The van der Waals surface area contributed by atoms with Gasteiger partial charge in [-0.1, -0.05) is 0 Å². The lowest BCUT2D eigenvalue weighted by Gasteiger charge is -2.23. The Hall–Kier alpha value is -1.52. The third-order valence-corrected chi connectivity index (χ3v) is 3.56. The molecule has 4 nitrogen and oxygen atoms in total. The average molecular weight is 275 g/mol. The van der Waals surface area contributed by atoms with Crippen LogP contribution in [0.4, 0.5) is 0 Å². The molecule has 1 fully saturated rings. The molecule has 2 aromatic rings. The van der Waals surface area contributed by atoms with E-state index in [1.54, 1.807) is 0 Å². The van der Waals surface area contributed by atoms with Gasteiger partial charge in [0.15, 0.2) is 6.29 Å². The summed E-state index contributed by atoms with van der Waals surface area (Å²) in [5, 5.41) is 1.21. The number of fused-ring (bicyclic) bond motifs is 1. The predicted octanol–water partition coefficient (Wildman–Crippen LogP) is 3.19. The van der Waals surface area contributed by atoms with Crippen LogP contribution in [0.2, 0.25) is 0 Å². The van der Waals surface area contributed by atoms with Gasteiger partial charge in [-0.2, -0.15) is 0 Å². The van der Waals surface area contributed by atoms with Gasteiger partial charge < -0.3 is 18.8 Å². The smallest absolute Gasteiger partial charge is 0.159 e. The van der Waals surface area contributed by atoms with Crippen molar-refractivity contribution in [3.05, 3.63) is 30.5 Å². The Balaban J connectivity index is 1.68. The highest BCUT2D eigenvalue weighted by Gasteiger charge is 2.14. The van der Waals surface area contributed by atoms with Crippen LogP contribution in [0.15, 0.2) is 30.5 Å². The van der Waals surface area contributed by atoms with E-state index in [1.807, 2.05) is 13.0 Å². The van der Waals surface area contributed by atoms with Gasteiger partial charge in [-0.15, -0.1) is 0 Å². The molecule has 1 aromatic heterocycles. The van der Waals surface area contributed by atoms with Crippen LogP contribution in [-0.2, 0) is 16.0 Å². The lowest BCUT2D eigenvalue weighted by Crippen LogP contribution is -2.25. The first-order chi connectivity index (χ1) is 9.86. The Bertz CT molecular complexity index is 558. The number of hydrogen-bond acceptors (Lipinski definition) is 3. The third-order valence-electron chi connectivity index (χ3n) is 3.56. The maximum Gasteiger partial charge on any atom is 0.159 e. The zero-order chi connectivity index (χ0) is 13.8. The summed E-state index contributed by atoms with van der Waals surface area (Å²) in [6, 6.07) is 8.35. The van der Waals surface area contributed by atoms with Gasteiger partial charge in [0.2, 0.25) is 0 Å². The normalized spacial score (nSPS) is 16.6. The lowest BCUT2D eigenvalue weighted by molar-refractivity contribution is -0.182. The lowest BCUT2D eigenvalue weighted by atomic mass is 10.2. The molecular weight excluding hydrogens is 254 g/mol. The molecule has 0 atom stereocenters. The number of aromatic nitrogens is 1. The van der Waals surface area contributed by atoms with Gasteiger partial charge in [-0.25, -0.2) is 0 Å². The van der Waals surface area contributed by atoms with Crippen molar-refractivity contribution in [3.63, 3.8) is 0 Å². The van der Waals surface area contributed by atoms with E-state index in [0.717, 1.165) is 38.3 Å². The van der Waals surface area contributed by atoms with E-state index < -0.39 is 0 Å². The average Bonchev–Trinajstić information content (AvgIpc) is 2.89. The van der Waals surface area contributed by atoms with Crippen LogP contribution >= 0.6 is 0 Å². The summed E-state index contributed by atoms with van der Waals surface area (Å²) in [5.74, 6) is 0.927. The summed E-state index contributed by atoms with van der Waals surface area (Å²) in [5.41, 5.74) is 1.23. The van der Waals surface area contributed by atoms with Crippen molar-refractivity contribution in [2.45, 2.75) is 32.6 Å². The molecule has 1 aliphatic rings. The molecule has 2 heterocycles. The van der Waals surface area contributed by atoms with Crippen LogP contribution < -0.4 is 4.74 Å². The van der Waals surface area contributed by atoms with Gasteiger partial charge in [0.25, 0.3) is 0 Å². The van der Waals surface area contributed by atoms with E-state index in [1.165, 1.54) is 10.9 Å². The SMILES string of the molecule is CCOc1ccc2c(ccn2CCC2OCCCO2)c1. The highest BCUT2D eigenvalue weighted by Crippen LogP contribution is 2.23. The van der Waals surface area contributed by atoms with E-state index in [2.05, 4.69) is 29.0 Å². The van der Waals surface area contributed by atoms with E-state index in [0.29, 0.717) is 6.61 Å². The molecule has 0 unspecified atom stereocenters. The van der Waals surface area contributed by atoms with Gasteiger partial charge in [-0.3, -0.25) is 0 Å². The Morgan fingerprint density at radius 2 is 2.10 bits per heavy atom. The van der Waals surface area contributed by atoms with Crippen LogP contribution in [0, 0.1) is 0 Å². The molecule has 3 rings (SSSR count). The molecule has 108 valence electrons. The first-order valence-electron chi connectivity index (χ1n) is 7.31. The number of aryl methyl sites for hydroxylation is 1. The molecule has 1 saturated heterocycles. The fourth-order valence-electron chi connectivity index (χ4n) is 2.58. The quantitative estimate of drug-likeness (QED) is 0.840. The molecule has 0 N–H and O–H groups in total. The highest BCUT2D eigenvalue weighted by atomic mass is 16.7. The van der Waals surface area contributed by atoms with Gasteiger partial charge in [0, 0.05) is 30.1 Å². The molecule has 0 amide bonds. The molecule has 1 aliphatic heterocycles. The molecule has 0 bridgehead atoms. The molecule has 0 radical (unpaired) electrons. The third kappa shape index (κ3) is 2.97. The van der Waals surface area contributed by atoms with Crippen molar-refractivity contribution in [2.24, 2.45) is 0 Å². The fourth-order valence-corrected chi connectivity index (χ4v) is 2.58. The van der Waals surface area contributed by atoms with Crippen molar-refractivity contribution >= 4 is 10.9 Å².